The zero-order valence-electron chi connectivity index (χ0n) is 14.0. The second kappa shape index (κ2) is 6.95. The Balaban J connectivity index is 2.60. The van der Waals surface area contributed by atoms with E-state index in [9.17, 15) is 14.4 Å². The van der Waals surface area contributed by atoms with Crippen molar-refractivity contribution in [2.75, 3.05) is 5.32 Å². The van der Waals surface area contributed by atoms with E-state index in [-0.39, 0.29) is 10.0 Å². The molecule has 1 aromatic heterocycles. The molecule has 0 bridgehead atoms. The molecule has 0 saturated carbocycles. The maximum absolute atomic E-state index is 11.9. The third-order valence-electron chi connectivity index (χ3n) is 1.95. The van der Waals surface area contributed by atoms with Crippen LogP contribution in [0.5, 0.6) is 0 Å². The first-order valence-corrected chi connectivity index (χ1v) is 7.67. The van der Waals surface area contributed by atoms with Crippen LogP contribution in [0.2, 0.25) is 0 Å². The molecular weight excluding hydrogens is 322 g/mol. The van der Waals surface area contributed by atoms with Crippen LogP contribution in [0.15, 0.2) is 6.20 Å². The highest BCUT2D eigenvalue weighted by Crippen LogP contribution is 2.19. The van der Waals surface area contributed by atoms with Gasteiger partial charge in [-0.1, -0.05) is 11.3 Å². The van der Waals surface area contributed by atoms with Gasteiger partial charge < -0.3 is 9.47 Å². The van der Waals surface area contributed by atoms with Crippen LogP contribution >= 0.6 is 11.3 Å². The van der Waals surface area contributed by atoms with E-state index in [1.54, 1.807) is 41.5 Å². The van der Waals surface area contributed by atoms with Crippen molar-refractivity contribution in [1.29, 1.82) is 0 Å². The van der Waals surface area contributed by atoms with Gasteiger partial charge in [0.25, 0.3) is 5.91 Å². The summed E-state index contributed by atoms with van der Waals surface area (Å²) < 4.78 is 10.1. The Labute approximate surface area is 138 Å². The van der Waals surface area contributed by atoms with Gasteiger partial charge in [0.05, 0.1) is 6.20 Å². The quantitative estimate of drug-likeness (QED) is 0.854. The number of carbonyl (C=O) groups excluding carboxylic acids is 3. The average Bonchev–Trinajstić information content (AvgIpc) is 2.71. The Morgan fingerprint density at radius 2 is 1.52 bits per heavy atom. The smallest absolute Gasteiger partial charge is 0.414 e. The number of amides is 3. The minimum Gasteiger partial charge on any atom is -0.444 e. The standard InChI is InChI=1S/C14H21N3O5S/c1-13(2,3)21-11(19)16-9(18)8-7-15-10(23-8)17-12(20)22-14(4,5)6/h7H,1-6H3,(H,15,17,20)(H,16,18,19). The summed E-state index contributed by atoms with van der Waals surface area (Å²) in [5.41, 5.74) is -1.35. The highest BCUT2D eigenvalue weighted by atomic mass is 32.1. The molecule has 2 N–H and O–H groups in total. The summed E-state index contributed by atoms with van der Waals surface area (Å²) in [5, 5.41) is 4.69. The summed E-state index contributed by atoms with van der Waals surface area (Å²) in [7, 11) is 0. The highest BCUT2D eigenvalue weighted by Gasteiger charge is 2.21. The molecule has 0 aliphatic carbocycles. The summed E-state index contributed by atoms with van der Waals surface area (Å²) >= 11 is 0.912. The fourth-order valence-electron chi connectivity index (χ4n) is 1.29. The average molecular weight is 343 g/mol. The molecule has 0 spiro atoms. The van der Waals surface area contributed by atoms with Crippen molar-refractivity contribution in [3.05, 3.63) is 11.1 Å². The second-order valence-corrected chi connectivity index (χ2v) is 7.64. The van der Waals surface area contributed by atoms with Crippen molar-refractivity contribution < 1.29 is 23.9 Å². The molecule has 8 nitrogen and oxygen atoms in total. The Morgan fingerprint density at radius 3 is 2.04 bits per heavy atom. The van der Waals surface area contributed by atoms with Crippen LogP contribution in [0.25, 0.3) is 0 Å². The first-order valence-electron chi connectivity index (χ1n) is 6.86. The van der Waals surface area contributed by atoms with Gasteiger partial charge in [0, 0.05) is 0 Å². The van der Waals surface area contributed by atoms with Gasteiger partial charge in [0.15, 0.2) is 5.13 Å². The number of ether oxygens (including phenoxy) is 2. The van der Waals surface area contributed by atoms with Gasteiger partial charge in [-0.2, -0.15) is 0 Å². The number of alkyl carbamates (subject to hydrolysis) is 1. The van der Waals surface area contributed by atoms with Gasteiger partial charge in [0.2, 0.25) is 0 Å². The largest absolute Gasteiger partial charge is 0.444 e. The number of carbonyl (C=O) groups is 3. The van der Waals surface area contributed by atoms with E-state index in [4.69, 9.17) is 9.47 Å². The molecule has 9 heteroatoms. The minimum absolute atomic E-state index is 0.155. The number of imide groups is 1. The molecule has 0 saturated heterocycles. The van der Waals surface area contributed by atoms with Gasteiger partial charge in [-0.25, -0.2) is 14.6 Å². The molecule has 23 heavy (non-hydrogen) atoms. The molecule has 1 aromatic rings. The number of thiazole rings is 1. The lowest BCUT2D eigenvalue weighted by molar-refractivity contribution is 0.0507. The predicted molar refractivity (Wildman–Crippen MR) is 85.7 cm³/mol. The van der Waals surface area contributed by atoms with Crippen LogP contribution in [-0.2, 0) is 9.47 Å². The Hall–Kier alpha value is -2.16. The molecule has 1 heterocycles. The highest BCUT2D eigenvalue weighted by molar-refractivity contribution is 7.17. The summed E-state index contributed by atoms with van der Waals surface area (Å²) in [6.45, 7) is 10.3. The zero-order chi connectivity index (χ0) is 17.8. The monoisotopic (exact) mass is 343 g/mol. The number of rotatable bonds is 2. The Kier molecular flexibility index (Phi) is 5.70. The summed E-state index contributed by atoms with van der Waals surface area (Å²) in [4.78, 5) is 39.0. The van der Waals surface area contributed by atoms with Crippen molar-refractivity contribution in [2.45, 2.75) is 52.7 Å². The van der Waals surface area contributed by atoms with Crippen LogP contribution in [0, 0.1) is 0 Å². The van der Waals surface area contributed by atoms with Gasteiger partial charge in [-0.05, 0) is 41.5 Å². The van der Waals surface area contributed by atoms with Crippen molar-refractivity contribution in [2.24, 2.45) is 0 Å². The second-order valence-electron chi connectivity index (χ2n) is 6.61. The number of anilines is 1. The summed E-state index contributed by atoms with van der Waals surface area (Å²) in [6.07, 6.45) is -0.277. The van der Waals surface area contributed by atoms with Crippen molar-refractivity contribution >= 4 is 34.6 Å². The first-order chi connectivity index (χ1) is 10.4. The lowest BCUT2D eigenvalue weighted by atomic mass is 10.2. The van der Waals surface area contributed by atoms with E-state index in [1.807, 2.05) is 0 Å². The van der Waals surface area contributed by atoms with E-state index in [0.29, 0.717) is 0 Å². The topological polar surface area (TPSA) is 107 Å². The maximum Gasteiger partial charge on any atom is 0.414 e. The first kappa shape index (κ1) is 18.9. The molecular formula is C14H21N3O5S. The molecule has 0 aliphatic rings. The third kappa shape index (κ3) is 7.59. The number of nitrogens with zero attached hydrogens (tertiary/aromatic N) is 1. The Morgan fingerprint density at radius 1 is 1.00 bits per heavy atom. The van der Waals surface area contributed by atoms with Crippen molar-refractivity contribution in [1.82, 2.24) is 10.3 Å². The predicted octanol–water partition coefficient (Wildman–Crippen LogP) is 3.16. The van der Waals surface area contributed by atoms with Gasteiger partial charge in [-0.15, -0.1) is 0 Å². The molecule has 0 aliphatic heterocycles. The molecule has 1 rings (SSSR count). The third-order valence-corrected chi connectivity index (χ3v) is 2.86. The fourth-order valence-corrected chi connectivity index (χ4v) is 1.98. The number of hydrogen-bond acceptors (Lipinski definition) is 7. The maximum atomic E-state index is 11.9. The number of hydrogen-bond donors (Lipinski definition) is 2. The number of aromatic nitrogens is 1. The lowest BCUT2D eigenvalue weighted by Gasteiger charge is -2.19. The van der Waals surface area contributed by atoms with Crippen LogP contribution in [-0.4, -0.2) is 34.3 Å². The fraction of sp³-hybridized carbons (Fsp3) is 0.571. The molecule has 0 radical (unpaired) electrons. The molecule has 3 amide bonds. The zero-order valence-corrected chi connectivity index (χ0v) is 14.8. The van der Waals surface area contributed by atoms with Crippen LogP contribution in [0.1, 0.15) is 51.2 Å². The SMILES string of the molecule is CC(C)(C)OC(=O)NC(=O)c1cnc(NC(=O)OC(C)(C)C)s1. The Bertz CT molecular complexity index is 598. The van der Waals surface area contributed by atoms with E-state index < -0.39 is 29.3 Å². The van der Waals surface area contributed by atoms with Gasteiger partial charge >= 0.3 is 12.2 Å². The molecule has 0 aromatic carbocycles. The molecule has 0 unspecified atom stereocenters. The van der Waals surface area contributed by atoms with E-state index in [0.717, 1.165) is 11.3 Å². The van der Waals surface area contributed by atoms with Crippen LogP contribution in [0.4, 0.5) is 14.7 Å². The normalized spacial score (nSPS) is 11.6. The van der Waals surface area contributed by atoms with Crippen molar-refractivity contribution in [3.63, 3.8) is 0 Å². The molecule has 128 valence electrons. The lowest BCUT2D eigenvalue weighted by Crippen LogP contribution is -2.36. The summed E-state index contributed by atoms with van der Waals surface area (Å²) in [5.74, 6) is -0.658. The number of nitrogens with one attached hydrogen (secondary N) is 2. The molecule has 0 atom stereocenters. The van der Waals surface area contributed by atoms with Gasteiger partial charge in [-0.3, -0.25) is 15.4 Å². The van der Waals surface area contributed by atoms with E-state index in [1.165, 1.54) is 6.20 Å². The minimum atomic E-state index is -0.849. The molecule has 0 fully saturated rings. The summed E-state index contributed by atoms with van der Waals surface area (Å²) in [6, 6.07) is 0. The van der Waals surface area contributed by atoms with Crippen LogP contribution < -0.4 is 10.6 Å². The van der Waals surface area contributed by atoms with Gasteiger partial charge in [0.1, 0.15) is 16.1 Å². The van der Waals surface area contributed by atoms with Crippen molar-refractivity contribution in [3.8, 4) is 0 Å². The van der Waals surface area contributed by atoms with Crippen LogP contribution in [0.3, 0.4) is 0 Å². The van der Waals surface area contributed by atoms with E-state index >= 15 is 0 Å². The van der Waals surface area contributed by atoms with E-state index in [2.05, 4.69) is 15.6 Å².